The smallest absolute Gasteiger partial charge is 0.266 e. The van der Waals surface area contributed by atoms with Crippen LogP contribution in [0, 0.1) is 26.2 Å². The molecule has 34 heavy (non-hydrogen) atoms. The first kappa shape index (κ1) is 24.3. The molecule has 1 aliphatic rings. The van der Waals surface area contributed by atoms with E-state index in [1.165, 1.54) is 17.4 Å². The Morgan fingerprint density at radius 1 is 1.21 bits per heavy atom. The number of nitriles is 2. The quantitative estimate of drug-likeness (QED) is 0.190. The average Bonchev–Trinajstić information content (AvgIpc) is 3.19. The van der Waals surface area contributed by atoms with E-state index in [1.807, 2.05) is 36.4 Å². The number of aryl methyl sites for hydroxylation is 1. The lowest BCUT2D eigenvalue weighted by Gasteiger charge is -2.10. The summed E-state index contributed by atoms with van der Waals surface area (Å²) in [5.74, 6) is 0.162. The summed E-state index contributed by atoms with van der Waals surface area (Å²) < 4.78 is 6.74. The molecule has 5 nitrogen and oxygen atoms in total. The molecule has 3 aromatic rings. The van der Waals surface area contributed by atoms with Crippen molar-refractivity contribution < 1.29 is 9.53 Å². The number of anilines is 1. The van der Waals surface area contributed by atoms with Gasteiger partial charge in [-0.3, -0.25) is 4.79 Å². The zero-order valence-electron chi connectivity index (χ0n) is 18.0. The number of rotatable bonds is 6. The number of benzene rings is 2. The van der Waals surface area contributed by atoms with Crippen molar-refractivity contribution in [2.45, 2.75) is 32.3 Å². The molecule has 0 spiro atoms. The summed E-state index contributed by atoms with van der Waals surface area (Å²) in [6.45, 7) is 0.336. The van der Waals surface area contributed by atoms with Crippen LogP contribution in [0.3, 0.4) is 0 Å². The van der Waals surface area contributed by atoms with Crippen molar-refractivity contribution in [3.63, 3.8) is 0 Å². The first-order valence-corrected chi connectivity index (χ1v) is 12.9. The maximum atomic E-state index is 12.8. The van der Waals surface area contributed by atoms with Gasteiger partial charge in [0.2, 0.25) is 0 Å². The van der Waals surface area contributed by atoms with Crippen molar-refractivity contribution in [2.24, 2.45) is 0 Å². The minimum absolute atomic E-state index is 0.0317. The van der Waals surface area contributed by atoms with Gasteiger partial charge in [-0.1, -0.05) is 35.9 Å². The van der Waals surface area contributed by atoms with Gasteiger partial charge in [0.05, 0.1) is 9.13 Å². The third-order valence-corrected chi connectivity index (χ3v) is 7.90. The lowest BCUT2D eigenvalue weighted by atomic mass is 9.96. The Morgan fingerprint density at radius 3 is 2.74 bits per heavy atom. The molecule has 1 heterocycles. The van der Waals surface area contributed by atoms with Crippen LogP contribution < -0.4 is 10.1 Å². The third kappa shape index (κ3) is 5.44. The number of ether oxygens (including phenoxy) is 1. The van der Waals surface area contributed by atoms with Crippen LogP contribution in [0.15, 0.2) is 48.0 Å². The summed E-state index contributed by atoms with van der Waals surface area (Å²) in [7, 11) is 0. The second-order valence-electron chi connectivity index (χ2n) is 7.72. The Morgan fingerprint density at radius 2 is 2.00 bits per heavy atom. The lowest BCUT2D eigenvalue weighted by Crippen LogP contribution is -2.13. The highest BCUT2D eigenvalue weighted by atomic mass is 127. The van der Waals surface area contributed by atoms with Crippen LogP contribution in [0.5, 0.6) is 5.75 Å². The molecule has 0 saturated carbocycles. The zero-order chi connectivity index (χ0) is 24.1. The standard InChI is InChI=1S/C26H19ClIN3O2S/c27-21-7-3-1-5-17(21)15-33-23-10-9-16(12-22(23)28)11-18(13-29)25(32)31-26-20(14-30)19-6-2-4-8-24(19)34-26/h1,3,5,7,9-12H,2,4,6,8,15H2,(H,31,32)/b18-11+. The molecule has 8 heteroatoms. The topological polar surface area (TPSA) is 85.9 Å². The number of hydrogen-bond donors (Lipinski definition) is 1. The maximum absolute atomic E-state index is 12.8. The van der Waals surface area contributed by atoms with E-state index in [4.69, 9.17) is 16.3 Å². The van der Waals surface area contributed by atoms with Gasteiger partial charge in [-0.15, -0.1) is 11.3 Å². The molecule has 1 aromatic heterocycles. The summed E-state index contributed by atoms with van der Waals surface area (Å²) in [4.78, 5) is 14.0. The van der Waals surface area contributed by atoms with Gasteiger partial charge in [0.25, 0.3) is 5.91 Å². The number of nitrogens with zero attached hydrogens (tertiary/aromatic N) is 2. The molecule has 0 fully saturated rings. The van der Waals surface area contributed by atoms with Crippen LogP contribution in [-0.2, 0) is 24.2 Å². The number of halogens is 2. The normalized spacial score (nSPS) is 12.9. The van der Waals surface area contributed by atoms with Crippen LogP contribution in [0.1, 0.15) is 40.0 Å². The van der Waals surface area contributed by atoms with E-state index in [0.717, 1.165) is 45.3 Å². The minimum Gasteiger partial charge on any atom is -0.488 e. The van der Waals surface area contributed by atoms with Crippen molar-refractivity contribution in [3.05, 3.63) is 83.8 Å². The maximum Gasteiger partial charge on any atom is 0.266 e. The van der Waals surface area contributed by atoms with Crippen LogP contribution in [-0.4, -0.2) is 5.91 Å². The van der Waals surface area contributed by atoms with Crippen molar-refractivity contribution >= 4 is 62.5 Å². The van der Waals surface area contributed by atoms with Gasteiger partial charge >= 0.3 is 0 Å². The number of carbonyl (C=O) groups excluding carboxylic acids is 1. The van der Waals surface area contributed by atoms with Gasteiger partial charge in [0, 0.05) is 15.5 Å². The number of nitrogens with one attached hydrogen (secondary N) is 1. The zero-order valence-corrected chi connectivity index (χ0v) is 21.8. The second-order valence-corrected chi connectivity index (χ2v) is 10.4. The first-order chi connectivity index (χ1) is 16.5. The molecular formula is C26H19ClIN3O2S. The molecule has 2 aromatic carbocycles. The molecule has 0 aliphatic heterocycles. The van der Waals surface area contributed by atoms with Crippen LogP contribution in [0.2, 0.25) is 5.02 Å². The molecule has 1 aliphatic carbocycles. The largest absolute Gasteiger partial charge is 0.488 e. The summed E-state index contributed by atoms with van der Waals surface area (Å²) in [5, 5.41) is 23.2. The highest BCUT2D eigenvalue weighted by molar-refractivity contribution is 14.1. The highest BCUT2D eigenvalue weighted by Crippen LogP contribution is 2.37. The Kier molecular flexibility index (Phi) is 7.89. The molecule has 0 radical (unpaired) electrons. The average molecular weight is 600 g/mol. The number of fused-ring (bicyclic) bond motifs is 1. The van der Waals surface area contributed by atoms with Crippen LogP contribution >= 0.6 is 45.5 Å². The highest BCUT2D eigenvalue weighted by Gasteiger charge is 2.22. The molecule has 1 amide bonds. The number of carbonyl (C=O) groups is 1. The molecule has 0 atom stereocenters. The van der Waals surface area contributed by atoms with Gasteiger partial charge < -0.3 is 10.1 Å². The molecule has 170 valence electrons. The predicted molar refractivity (Wildman–Crippen MR) is 143 cm³/mol. The van der Waals surface area contributed by atoms with Crippen LogP contribution in [0.25, 0.3) is 6.08 Å². The number of thiophene rings is 1. The number of hydrogen-bond acceptors (Lipinski definition) is 5. The number of amides is 1. The Hall–Kier alpha value is -2.85. The van der Waals surface area contributed by atoms with Gasteiger partial charge in [0.15, 0.2) is 0 Å². The lowest BCUT2D eigenvalue weighted by molar-refractivity contribution is -0.112. The fraction of sp³-hybridized carbons (Fsp3) is 0.192. The summed E-state index contributed by atoms with van der Waals surface area (Å²) in [6.07, 6.45) is 5.45. The summed E-state index contributed by atoms with van der Waals surface area (Å²) in [5.41, 5.74) is 3.13. The van der Waals surface area contributed by atoms with Gasteiger partial charge in [0.1, 0.15) is 35.1 Å². The molecule has 4 rings (SSSR count). The van der Waals surface area contributed by atoms with Gasteiger partial charge in [-0.25, -0.2) is 0 Å². The molecule has 0 bridgehead atoms. The Bertz CT molecular complexity index is 1370. The monoisotopic (exact) mass is 599 g/mol. The van der Waals surface area contributed by atoms with E-state index in [9.17, 15) is 15.3 Å². The van der Waals surface area contributed by atoms with E-state index in [1.54, 1.807) is 12.1 Å². The fourth-order valence-corrected chi connectivity index (χ4v) is 5.87. The van der Waals surface area contributed by atoms with Crippen molar-refractivity contribution in [3.8, 4) is 17.9 Å². The molecular weight excluding hydrogens is 581 g/mol. The molecule has 1 N–H and O–H groups in total. The Balaban J connectivity index is 1.49. The third-order valence-electron chi connectivity index (χ3n) is 5.48. The van der Waals surface area contributed by atoms with E-state index >= 15 is 0 Å². The fourth-order valence-electron chi connectivity index (χ4n) is 3.75. The predicted octanol–water partition coefficient (Wildman–Crippen LogP) is 6.88. The summed E-state index contributed by atoms with van der Waals surface area (Å²) >= 11 is 9.79. The molecule has 0 unspecified atom stereocenters. The first-order valence-electron chi connectivity index (χ1n) is 10.6. The van der Waals surface area contributed by atoms with Gasteiger partial charge in [-0.2, -0.15) is 10.5 Å². The SMILES string of the molecule is N#C/C(=C\c1ccc(OCc2ccccc2Cl)c(I)c1)C(=O)Nc1sc2c(c1C#N)CCCC2. The van der Waals surface area contributed by atoms with E-state index in [2.05, 4.69) is 34.0 Å². The summed E-state index contributed by atoms with van der Waals surface area (Å²) in [6, 6.07) is 17.1. The van der Waals surface area contributed by atoms with Crippen molar-refractivity contribution in [1.29, 1.82) is 10.5 Å². The van der Waals surface area contributed by atoms with Crippen LogP contribution in [0.4, 0.5) is 5.00 Å². The van der Waals surface area contributed by atoms with Gasteiger partial charge in [-0.05, 0) is 83.7 Å². The second kappa shape index (κ2) is 11.1. The Labute approximate surface area is 220 Å². The minimum atomic E-state index is -0.522. The van der Waals surface area contributed by atoms with Crippen molar-refractivity contribution in [2.75, 3.05) is 5.32 Å². The van der Waals surface area contributed by atoms with E-state index in [0.29, 0.717) is 33.5 Å². The van der Waals surface area contributed by atoms with E-state index in [-0.39, 0.29) is 5.57 Å². The van der Waals surface area contributed by atoms with E-state index < -0.39 is 5.91 Å². The van der Waals surface area contributed by atoms with Crippen molar-refractivity contribution in [1.82, 2.24) is 0 Å². The molecule has 0 saturated heterocycles.